The van der Waals surface area contributed by atoms with E-state index in [-0.39, 0.29) is 12.3 Å². The summed E-state index contributed by atoms with van der Waals surface area (Å²) in [4.78, 5) is 16.4. The molecule has 0 saturated heterocycles. The molecule has 112 valence electrons. The highest BCUT2D eigenvalue weighted by Crippen LogP contribution is 2.25. The van der Waals surface area contributed by atoms with E-state index in [0.29, 0.717) is 26.4 Å². The van der Waals surface area contributed by atoms with Gasteiger partial charge in [0.25, 0.3) is 0 Å². The zero-order valence-corrected chi connectivity index (χ0v) is 13.5. The number of benzene rings is 1. The zero-order chi connectivity index (χ0) is 15.7. The van der Waals surface area contributed by atoms with Crippen LogP contribution in [-0.4, -0.2) is 15.3 Å². The highest BCUT2D eigenvalue weighted by molar-refractivity contribution is 6.36. The number of nitrogens with one attached hydrogen (secondary N) is 1. The molecule has 0 aliphatic rings. The number of anilines is 1. The third kappa shape index (κ3) is 3.35. The minimum atomic E-state index is -0.210. The summed E-state index contributed by atoms with van der Waals surface area (Å²) < 4.78 is 1.78. The number of hydrogen-bond donors (Lipinski definition) is 1. The fourth-order valence-electron chi connectivity index (χ4n) is 2.05. The molecule has 0 atom stereocenters. The summed E-state index contributed by atoms with van der Waals surface area (Å²) in [6, 6.07) is 8.44. The molecule has 0 fully saturated rings. The fraction of sp³-hybridized carbons (Fsp3) is 0.0667. The van der Waals surface area contributed by atoms with Crippen LogP contribution in [0.15, 0.2) is 42.7 Å². The van der Waals surface area contributed by atoms with Crippen molar-refractivity contribution in [1.29, 1.82) is 0 Å². The van der Waals surface area contributed by atoms with Gasteiger partial charge in [0.15, 0.2) is 0 Å². The van der Waals surface area contributed by atoms with Crippen molar-refractivity contribution in [2.45, 2.75) is 6.42 Å². The van der Waals surface area contributed by atoms with E-state index in [1.165, 1.54) is 0 Å². The molecule has 0 spiro atoms. The first-order chi connectivity index (χ1) is 10.5. The van der Waals surface area contributed by atoms with Crippen molar-refractivity contribution in [1.82, 2.24) is 9.38 Å². The van der Waals surface area contributed by atoms with Gasteiger partial charge < -0.3 is 9.72 Å². The standard InChI is InChI=1S/C15H10Cl3N3O/c16-9-1-3-13(12(18)5-9)20-15(22)6-11-8-21-7-10(17)2-4-14(21)19-11/h1-5,7-8H,6H2,(H,20,22). The predicted molar refractivity (Wildman–Crippen MR) is 89.0 cm³/mol. The Hall–Kier alpha value is -1.75. The summed E-state index contributed by atoms with van der Waals surface area (Å²) in [6.07, 6.45) is 3.64. The first-order valence-electron chi connectivity index (χ1n) is 6.39. The predicted octanol–water partition coefficient (Wildman–Crippen LogP) is 4.48. The number of carbonyl (C=O) groups excluding carboxylic acids is 1. The maximum Gasteiger partial charge on any atom is 0.230 e. The number of hydrogen-bond acceptors (Lipinski definition) is 2. The van der Waals surface area contributed by atoms with E-state index in [1.807, 2.05) is 0 Å². The summed E-state index contributed by atoms with van der Waals surface area (Å²) >= 11 is 17.8. The molecule has 2 aromatic heterocycles. The molecule has 1 N–H and O–H groups in total. The highest BCUT2D eigenvalue weighted by Gasteiger charge is 2.10. The number of pyridine rings is 1. The maximum atomic E-state index is 12.1. The molecule has 3 aromatic rings. The van der Waals surface area contributed by atoms with Gasteiger partial charge in [-0.25, -0.2) is 4.98 Å². The van der Waals surface area contributed by atoms with Gasteiger partial charge in [-0.1, -0.05) is 34.8 Å². The Bertz CT molecular complexity index is 860. The Morgan fingerprint density at radius 1 is 1.09 bits per heavy atom. The molecule has 22 heavy (non-hydrogen) atoms. The maximum absolute atomic E-state index is 12.1. The zero-order valence-electron chi connectivity index (χ0n) is 11.2. The van der Waals surface area contributed by atoms with E-state index in [1.54, 1.807) is 47.1 Å². The van der Waals surface area contributed by atoms with Gasteiger partial charge in [0.05, 0.1) is 27.8 Å². The van der Waals surface area contributed by atoms with Gasteiger partial charge in [0.2, 0.25) is 5.91 Å². The largest absolute Gasteiger partial charge is 0.324 e. The topological polar surface area (TPSA) is 46.4 Å². The average Bonchev–Trinajstić information content (AvgIpc) is 2.83. The first kappa shape index (κ1) is 15.2. The highest BCUT2D eigenvalue weighted by atomic mass is 35.5. The molecule has 0 saturated carbocycles. The number of rotatable bonds is 3. The van der Waals surface area contributed by atoms with Crippen LogP contribution in [0.5, 0.6) is 0 Å². The fourth-order valence-corrected chi connectivity index (χ4v) is 2.68. The quantitative estimate of drug-likeness (QED) is 0.754. The lowest BCUT2D eigenvalue weighted by atomic mass is 10.3. The van der Waals surface area contributed by atoms with Crippen LogP contribution in [0.1, 0.15) is 5.69 Å². The van der Waals surface area contributed by atoms with Crippen LogP contribution in [0.3, 0.4) is 0 Å². The summed E-state index contributed by atoms with van der Waals surface area (Å²) in [5, 5.41) is 4.25. The van der Waals surface area contributed by atoms with Crippen molar-refractivity contribution in [2.75, 3.05) is 5.32 Å². The molecule has 2 heterocycles. The third-order valence-electron chi connectivity index (χ3n) is 3.01. The van der Waals surface area contributed by atoms with Gasteiger partial charge in [-0.3, -0.25) is 4.79 Å². The van der Waals surface area contributed by atoms with Gasteiger partial charge in [0, 0.05) is 17.4 Å². The van der Waals surface area contributed by atoms with Crippen LogP contribution in [-0.2, 0) is 11.2 Å². The first-order valence-corrected chi connectivity index (χ1v) is 7.53. The molecule has 0 unspecified atom stereocenters. The second-order valence-corrected chi connectivity index (χ2v) is 5.97. The number of fused-ring (bicyclic) bond motifs is 1. The number of aromatic nitrogens is 2. The molecule has 0 aliphatic carbocycles. The van der Waals surface area contributed by atoms with Crippen molar-refractivity contribution < 1.29 is 4.79 Å². The van der Waals surface area contributed by atoms with Crippen LogP contribution in [0, 0.1) is 0 Å². The molecule has 0 aliphatic heterocycles. The smallest absolute Gasteiger partial charge is 0.230 e. The second kappa shape index (κ2) is 6.16. The number of halogens is 3. The minimum Gasteiger partial charge on any atom is -0.324 e. The van der Waals surface area contributed by atoms with E-state index < -0.39 is 0 Å². The Balaban J connectivity index is 1.75. The summed E-state index contributed by atoms with van der Waals surface area (Å²) in [5.41, 5.74) is 1.89. The summed E-state index contributed by atoms with van der Waals surface area (Å²) in [5.74, 6) is -0.210. The van der Waals surface area contributed by atoms with E-state index >= 15 is 0 Å². The molecule has 0 radical (unpaired) electrons. The average molecular weight is 355 g/mol. The van der Waals surface area contributed by atoms with E-state index in [4.69, 9.17) is 34.8 Å². The molecule has 7 heteroatoms. The number of carbonyl (C=O) groups is 1. The van der Waals surface area contributed by atoms with E-state index in [9.17, 15) is 4.79 Å². The number of nitrogens with zero attached hydrogens (tertiary/aromatic N) is 2. The number of imidazole rings is 1. The lowest BCUT2D eigenvalue weighted by Gasteiger charge is -2.06. The Morgan fingerprint density at radius 3 is 2.64 bits per heavy atom. The van der Waals surface area contributed by atoms with Crippen LogP contribution in [0.4, 0.5) is 5.69 Å². The monoisotopic (exact) mass is 353 g/mol. The van der Waals surface area contributed by atoms with Gasteiger partial charge in [-0.05, 0) is 30.3 Å². The summed E-state index contributed by atoms with van der Waals surface area (Å²) in [6.45, 7) is 0. The van der Waals surface area contributed by atoms with Crippen molar-refractivity contribution >= 4 is 52.0 Å². The van der Waals surface area contributed by atoms with E-state index in [0.717, 1.165) is 5.65 Å². The molecule has 1 amide bonds. The second-order valence-electron chi connectivity index (χ2n) is 4.69. The number of amides is 1. The molecule has 1 aromatic carbocycles. The molecule has 4 nitrogen and oxygen atoms in total. The summed E-state index contributed by atoms with van der Waals surface area (Å²) in [7, 11) is 0. The lowest BCUT2D eigenvalue weighted by molar-refractivity contribution is -0.115. The van der Waals surface area contributed by atoms with Crippen molar-refractivity contribution in [3.63, 3.8) is 0 Å². The Labute approximate surface area is 141 Å². The normalized spacial score (nSPS) is 10.9. The molecule has 3 rings (SSSR count). The van der Waals surface area contributed by atoms with Crippen LogP contribution in [0.25, 0.3) is 5.65 Å². The Kier molecular flexibility index (Phi) is 4.25. The van der Waals surface area contributed by atoms with Crippen molar-refractivity contribution in [3.05, 3.63) is 63.5 Å². The molecule has 0 bridgehead atoms. The van der Waals surface area contributed by atoms with Crippen LogP contribution < -0.4 is 5.32 Å². The van der Waals surface area contributed by atoms with E-state index in [2.05, 4.69) is 10.3 Å². The Morgan fingerprint density at radius 2 is 1.86 bits per heavy atom. The van der Waals surface area contributed by atoms with Gasteiger partial charge in [-0.15, -0.1) is 0 Å². The molecular weight excluding hydrogens is 345 g/mol. The lowest BCUT2D eigenvalue weighted by Crippen LogP contribution is -2.14. The van der Waals surface area contributed by atoms with Crippen LogP contribution >= 0.6 is 34.8 Å². The minimum absolute atomic E-state index is 0.137. The van der Waals surface area contributed by atoms with Gasteiger partial charge in [-0.2, -0.15) is 0 Å². The van der Waals surface area contributed by atoms with Crippen molar-refractivity contribution in [3.8, 4) is 0 Å². The molecular formula is C15H10Cl3N3O. The van der Waals surface area contributed by atoms with Gasteiger partial charge in [0.1, 0.15) is 5.65 Å². The van der Waals surface area contributed by atoms with Crippen LogP contribution in [0.2, 0.25) is 15.1 Å². The third-order valence-corrected chi connectivity index (χ3v) is 3.78. The van der Waals surface area contributed by atoms with Gasteiger partial charge >= 0.3 is 0 Å². The SMILES string of the molecule is O=C(Cc1cn2cc(Cl)ccc2n1)Nc1ccc(Cl)cc1Cl. The van der Waals surface area contributed by atoms with Crippen molar-refractivity contribution in [2.24, 2.45) is 0 Å².